The number of carbonyl (C=O) groups is 2. The molecule has 1 aliphatic heterocycles. The van der Waals surface area contributed by atoms with Gasteiger partial charge in [-0.2, -0.15) is 0 Å². The first-order valence-corrected chi connectivity index (χ1v) is 8.12. The van der Waals surface area contributed by atoms with Crippen LogP contribution in [0, 0.1) is 5.82 Å². The highest BCUT2D eigenvalue weighted by molar-refractivity contribution is 5.81. The summed E-state index contributed by atoms with van der Waals surface area (Å²) in [6.45, 7) is 3.56. The molecule has 7 heteroatoms. The Morgan fingerprint density at radius 2 is 1.83 bits per heavy atom. The summed E-state index contributed by atoms with van der Waals surface area (Å²) in [6.07, 6.45) is 0. The molecule has 2 rings (SSSR count). The van der Waals surface area contributed by atoms with Crippen LogP contribution in [-0.4, -0.2) is 79.9 Å². The molecular formula is C17H25FN4O2. The Kier molecular flexibility index (Phi) is 6.69. The molecule has 1 saturated heterocycles. The standard InChI is InChI=1S/C17H25FN4O2/c1-20(13-17(24)22-9-7-19-8-10-22)12-16(23)21(2)11-14-5-3-4-6-15(14)18/h3-6,19H,7-13H2,1-2H3. The van der Waals surface area contributed by atoms with Gasteiger partial charge in [0, 0.05) is 45.3 Å². The molecule has 1 fully saturated rings. The molecular weight excluding hydrogens is 311 g/mol. The third-order valence-corrected chi connectivity index (χ3v) is 4.07. The van der Waals surface area contributed by atoms with Crippen LogP contribution in [0.2, 0.25) is 0 Å². The summed E-state index contributed by atoms with van der Waals surface area (Å²) in [5.74, 6) is -0.434. The number of amides is 2. The largest absolute Gasteiger partial charge is 0.340 e. The maximum Gasteiger partial charge on any atom is 0.236 e. The van der Waals surface area contributed by atoms with Crippen LogP contribution in [0.1, 0.15) is 5.56 Å². The van der Waals surface area contributed by atoms with E-state index in [1.54, 1.807) is 42.1 Å². The highest BCUT2D eigenvalue weighted by atomic mass is 19.1. The van der Waals surface area contributed by atoms with Crippen molar-refractivity contribution in [2.75, 3.05) is 53.4 Å². The van der Waals surface area contributed by atoms with Crippen molar-refractivity contribution in [1.82, 2.24) is 20.0 Å². The van der Waals surface area contributed by atoms with Gasteiger partial charge in [-0.15, -0.1) is 0 Å². The van der Waals surface area contributed by atoms with Crippen molar-refractivity contribution in [2.24, 2.45) is 0 Å². The van der Waals surface area contributed by atoms with E-state index >= 15 is 0 Å². The number of halogens is 1. The molecule has 0 aliphatic carbocycles. The van der Waals surface area contributed by atoms with E-state index < -0.39 is 0 Å². The van der Waals surface area contributed by atoms with Crippen molar-refractivity contribution in [3.8, 4) is 0 Å². The molecule has 132 valence electrons. The van der Waals surface area contributed by atoms with Crippen LogP contribution < -0.4 is 5.32 Å². The third kappa shape index (κ3) is 5.28. The topological polar surface area (TPSA) is 55.9 Å². The fraction of sp³-hybridized carbons (Fsp3) is 0.529. The van der Waals surface area contributed by atoms with Crippen LogP contribution in [0.25, 0.3) is 0 Å². The molecule has 0 saturated carbocycles. The van der Waals surface area contributed by atoms with Crippen molar-refractivity contribution in [1.29, 1.82) is 0 Å². The van der Waals surface area contributed by atoms with E-state index in [2.05, 4.69) is 5.32 Å². The monoisotopic (exact) mass is 336 g/mol. The molecule has 0 radical (unpaired) electrons. The fourth-order valence-corrected chi connectivity index (χ4v) is 2.62. The van der Waals surface area contributed by atoms with Crippen molar-refractivity contribution in [3.63, 3.8) is 0 Å². The number of rotatable bonds is 6. The molecule has 0 bridgehead atoms. The van der Waals surface area contributed by atoms with E-state index in [9.17, 15) is 14.0 Å². The van der Waals surface area contributed by atoms with Gasteiger partial charge < -0.3 is 15.1 Å². The Hall–Kier alpha value is -1.99. The lowest BCUT2D eigenvalue weighted by molar-refractivity contribution is -0.135. The number of likely N-dealkylation sites (N-methyl/N-ethyl adjacent to an activating group) is 2. The Labute approximate surface area is 142 Å². The quantitative estimate of drug-likeness (QED) is 0.803. The lowest BCUT2D eigenvalue weighted by atomic mass is 10.2. The fourth-order valence-electron chi connectivity index (χ4n) is 2.62. The number of nitrogens with zero attached hydrogens (tertiary/aromatic N) is 3. The first-order chi connectivity index (χ1) is 11.5. The molecule has 24 heavy (non-hydrogen) atoms. The number of hydrogen-bond donors (Lipinski definition) is 1. The summed E-state index contributed by atoms with van der Waals surface area (Å²) >= 11 is 0. The molecule has 0 atom stereocenters. The van der Waals surface area contributed by atoms with Gasteiger partial charge in [-0.1, -0.05) is 18.2 Å². The summed E-state index contributed by atoms with van der Waals surface area (Å²) < 4.78 is 13.7. The van der Waals surface area contributed by atoms with Crippen molar-refractivity contribution in [3.05, 3.63) is 35.6 Å². The molecule has 0 aromatic heterocycles. The summed E-state index contributed by atoms with van der Waals surface area (Å²) in [7, 11) is 3.38. The lowest BCUT2D eigenvalue weighted by Crippen LogP contribution is -2.50. The third-order valence-electron chi connectivity index (χ3n) is 4.07. The number of hydrogen-bond acceptors (Lipinski definition) is 4. The second-order valence-corrected chi connectivity index (χ2v) is 6.14. The summed E-state index contributed by atoms with van der Waals surface area (Å²) in [4.78, 5) is 29.4. The summed E-state index contributed by atoms with van der Waals surface area (Å²) in [6, 6.07) is 6.41. The molecule has 1 aromatic carbocycles. The number of carbonyl (C=O) groups excluding carboxylic acids is 2. The molecule has 1 aliphatic rings. The molecule has 1 N–H and O–H groups in total. The van der Waals surface area contributed by atoms with E-state index in [0.29, 0.717) is 18.7 Å². The van der Waals surface area contributed by atoms with E-state index in [1.807, 2.05) is 0 Å². The van der Waals surface area contributed by atoms with Crippen LogP contribution in [0.15, 0.2) is 24.3 Å². The van der Waals surface area contributed by atoms with Gasteiger partial charge >= 0.3 is 0 Å². The smallest absolute Gasteiger partial charge is 0.236 e. The molecule has 0 spiro atoms. The first kappa shape index (κ1) is 18.4. The second kappa shape index (κ2) is 8.75. The van der Waals surface area contributed by atoms with Crippen LogP contribution in [0.3, 0.4) is 0 Å². The molecule has 2 amide bonds. The average Bonchev–Trinajstić information content (AvgIpc) is 2.57. The van der Waals surface area contributed by atoms with Crippen molar-refractivity contribution < 1.29 is 14.0 Å². The summed E-state index contributed by atoms with van der Waals surface area (Å²) in [5.41, 5.74) is 0.480. The van der Waals surface area contributed by atoms with Crippen molar-refractivity contribution in [2.45, 2.75) is 6.54 Å². The van der Waals surface area contributed by atoms with Crippen LogP contribution in [-0.2, 0) is 16.1 Å². The highest BCUT2D eigenvalue weighted by Gasteiger charge is 2.20. The average molecular weight is 336 g/mol. The van der Waals surface area contributed by atoms with Gasteiger partial charge in [0.1, 0.15) is 5.82 Å². The van der Waals surface area contributed by atoms with E-state index in [-0.39, 0.29) is 37.3 Å². The Balaban J connectivity index is 1.80. The Bertz CT molecular complexity index is 575. The SMILES string of the molecule is CN(CC(=O)N(C)Cc1ccccc1F)CC(=O)N1CCNCC1. The molecule has 6 nitrogen and oxygen atoms in total. The molecule has 0 unspecified atom stereocenters. The van der Waals surface area contributed by atoms with E-state index in [4.69, 9.17) is 0 Å². The predicted octanol–water partition coefficient (Wildman–Crippen LogP) is 0.148. The first-order valence-electron chi connectivity index (χ1n) is 8.12. The van der Waals surface area contributed by atoms with Gasteiger partial charge in [0.05, 0.1) is 13.1 Å². The maximum atomic E-state index is 13.7. The van der Waals surface area contributed by atoms with Gasteiger partial charge in [0.2, 0.25) is 11.8 Å². The Morgan fingerprint density at radius 3 is 2.50 bits per heavy atom. The van der Waals surface area contributed by atoms with Crippen molar-refractivity contribution >= 4 is 11.8 Å². The number of benzene rings is 1. The van der Waals surface area contributed by atoms with Gasteiger partial charge in [-0.25, -0.2) is 4.39 Å². The maximum absolute atomic E-state index is 13.7. The number of piperazine rings is 1. The predicted molar refractivity (Wildman–Crippen MR) is 89.8 cm³/mol. The second-order valence-electron chi connectivity index (χ2n) is 6.14. The van der Waals surface area contributed by atoms with Gasteiger partial charge in [-0.3, -0.25) is 14.5 Å². The highest BCUT2D eigenvalue weighted by Crippen LogP contribution is 2.09. The minimum absolute atomic E-state index is 0.0311. The minimum atomic E-state index is -0.320. The number of nitrogens with one attached hydrogen (secondary N) is 1. The Morgan fingerprint density at radius 1 is 1.17 bits per heavy atom. The van der Waals surface area contributed by atoms with Crippen LogP contribution >= 0.6 is 0 Å². The molecule has 1 aromatic rings. The zero-order valence-electron chi connectivity index (χ0n) is 14.3. The molecule has 1 heterocycles. The van der Waals surface area contributed by atoms with Crippen LogP contribution in [0.5, 0.6) is 0 Å². The van der Waals surface area contributed by atoms with E-state index in [0.717, 1.165) is 13.1 Å². The zero-order chi connectivity index (χ0) is 17.5. The van der Waals surface area contributed by atoms with Crippen LogP contribution in [0.4, 0.5) is 4.39 Å². The normalized spacial score (nSPS) is 14.8. The van der Waals surface area contributed by atoms with Gasteiger partial charge in [0.25, 0.3) is 0 Å². The van der Waals surface area contributed by atoms with E-state index in [1.165, 1.54) is 11.0 Å². The lowest BCUT2D eigenvalue weighted by Gasteiger charge is -2.29. The van der Waals surface area contributed by atoms with Gasteiger partial charge in [-0.05, 0) is 13.1 Å². The zero-order valence-corrected chi connectivity index (χ0v) is 14.3. The minimum Gasteiger partial charge on any atom is -0.340 e. The summed E-state index contributed by atoms with van der Waals surface area (Å²) in [5, 5.41) is 3.20. The van der Waals surface area contributed by atoms with Gasteiger partial charge in [0.15, 0.2) is 0 Å².